The number of rotatable bonds is 2. The Morgan fingerprint density at radius 3 is 2.41 bits per heavy atom. The third-order valence-corrected chi connectivity index (χ3v) is 3.50. The quantitative estimate of drug-likeness (QED) is 0.854. The second-order valence-electron chi connectivity index (χ2n) is 5.10. The zero-order valence-corrected chi connectivity index (χ0v) is 10.9. The SMILES string of the molecule is Cc1cc([C@@H](C)N)cnc1N1CCCCCC1. The van der Waals surface area contributed by atoms with Crippen molar-refractivity contribution in [1.29, 1.82) is 0 Å². The van der Waals surface area contributed by atoms with E-state index in [2.05, 4.69) is 22.9 Å². The first-order chi connectivity index (χ1) is 8.18. The van der Waals surface area contributed by atoms with Crippen molar-refractivity contribution in [3.05, 3.63) is 23.4 Å². The van der Waals surface area contributed by atoms with E-state index in [-0.39, 0.29) is 6.04 Å². The summed E-state index contributed by atoms with van der Waals surface area (Å²) < 4.78 is 0. The minimum atomic E-state index is 0.0689. The van der Waals surface area contributed by atoms with Crippen molar-refractivity contribution >= 4 is 5.82 Å². The summed E-state index contributed by atoms with van der Waals surface area (Å²) in [7, 11) is 0. The molecule has 0 saturated carbocycles. The van der Waals surface area contributed by atoms with E-state index < -0.39 is 0 Å². The number of aryl methyl sites for hydroxylation is 1. The first-order valence-electron chi connectivity index (χ1n) is 6.65. The van der Waals surface area contributed by atoms with E-state index in [4.69, 9.17) is 5.73 Å². The van der Waals surface area contributed by atoms with Gasteiger partial charge in [-0.2, -0.15) is 0 Å². The van der Waals surface area contributed by atoms with Crippen molar-refractivity contribution in [3.63, 3.8) is 0 Å². The van der Waals surface area contributed by atoms with Crippen molar-refractivity contribution < 1.29 is 0 Å². The van der Waals surface area contributed by atoms with Crippen LogP contribution in [0.2, 0.25) is 0 Å². The molecule has 2 heterocycles. The van der Waals surface area contributed by atoms with Gasteiger partial charge in [0.1, 0.15) is 5.82 Å². The van der Waals surface area contributed by atoms with Crippen LogP contribution in [-0.4, -0.2) is 18.1 Å². The Hall–Kier alpha value is -1.09. The lowest BCUT2D eigenvalue weighted by Gasteiger charge is -2.23. The molecule has 2 rings (SSSR count). The maximum atomic E-state index is 5.88. The first kappa shape index (κ1) is 12.4. The molecule has 0 unspecified atom stereocenters. The molecule has 0 aliphatic carbocycles. The molecule has 1 aromatic rings. The highest BCUT2D eigenvalue weighted by molar-refractivity contribution is 5.47. The molecule has 3 heteroatoms. The summed E-state index contributed by atoms with van der Waals surface area (Å²) in [6.45, 7) is 6.43. The third kappa shape index (κ3) is 2.97. The molecule has 1 aromatic heterocycles. The van der Waals surface area contributed by atoms with Crippen LogP contribution in [0.5, 0.6) is 0 Å². The fourth-order valence-electron chi connectivity index (χ4n) is 2.45. The lowest BCUT2D eigenvalue weighted by molar-refractivity contribution is 0.726. The average Bonchev–Trinajstić information content (AvgIpc) is 2.57. The van der Waals surface area contributed by atoms with E-state index in [0.29, 0.717) is 0 Å². The molecule has 1 aliphatic rings. The van der Waals surface area contributed by atoms with Gasteiger partial charge in [0.05, 0.1) is 0 Å². The van der Waals surface area contributed by atoms with Gasteiger partial charge in [-0.3, -0.25) is 0 Å². The number of anilines is 1. The van der Waals surface area contributed by atoms with E-state index in [1.54, 1.807) is 0 Å². The van der Waals surface area contributed by atoms with Gasteiger partial charge in [-0.05, 0) is 43.9 Å². The molecule has 0 amide bonds. The van der Waals surface area contributed by atoms with Crippen LogP contribution >= 0.6 is 0 Å². The summed E-state index contributed by atoms with van der Waals surface area (Å²) >= 11 is 0. The lowest BCUT2D eigenvalue weighted by atomic mass is 10.1. The van der Waals surface area contributed by atoms with Crippen LogP contribution in [-0.2, 0) is 0 Å². The number of nitrogens with zero attached hydrogens (tertiary/aromatic N) is 2. The fraction of sp³-hybridized carbons (Fsp3) is 0.643. The number of hydrogen-bond acceptors (Lipinski definition) is 3. The van der Waals surface area contributed by atoms with E-state index in [1.807, 2.05) is 13.1 Å². The fourth-order valence-corrected chi connectivity index (χ4v) is 2.45. The van der Waals surface area contributed by atoms with Crippen molar-refractivity contribution in [1.82, 2.24) is 4.98 Å². The normalized spacial score (nSPS) is 18.9. The molecular formula is C14H23N3. The number of pyridine rings is 1. The van der Waals surface area contributed by atoms with Gasteiger partial charge in [0.2, 0.25) is 0 Å². The molecule has 0 aromatic carbocycles. The molecule has 1 saturated heterocycles. The maximum absolute atomic E-state index is 5.88. The van der Waals surface area contributed by atoms with Gasteiger partial charge in [-0.1, -0.05) is 12.8 Å². The second-order valence-corrected chi connectivity index (χ2v) is 5.10. The van der Waals surface area contributed by atoms with Crippen molar-refractivity contribution in [3.8, 4) is 0 Å². The van der Waals surface area contributed by atoms with Crippen LogP contribution in [0.4, 0.5) is 5.82 Å². The Bertz CT molecular complexity index is 366. The van der Waals surface area contributed by atoms with Crippen LogP contribution in [0.3, 0.4) is 0 Å². The van der Waals surface area contributed by atoms with E-state index in [1.165, 1.54) is 31.2 Å². The minimum Gasteiger partial charge on any atom is -0.356 e. The Morgan fingerprint density at radius 2 is 1.88 bits per heavy atom. The highest BCUT2D eigenvalue weighted by atomic mass is 15.2. The predicted molar refractivity (Wildman–Crippen MR) is 72.3 cm³/mol. The van der Waals surface area contributed by atoms with Crippen LogP contribution in [0, 0.1) is 6.92 Å². The molecule has 0 spiro atoms. The van der Waals surface area contributed by atoms with Crippen molar-refractivity contribution in [2.24, 2.45) is 5.73 Å². The van der Waals surface area contributed by atoms with Crippen LogP contribution in [0.1, 0.15) is 49.8 Å². The molecule has 3 nitrogen and oxygen atoms in total. The van der Waals surface area contributed by atoms with Gasteiger partial charge < -0.3 is 10.6 Å². The summed E-state index contributed by atoms with van der Waals surface area (Å²) in [5.41, 5.74) is 8.26. The Balaban J connectivity index is 2.19. The zero-order chi connectivity index (χ0) is 12.3. The monoisotopic (exact) mass is 233 g/mol. The highest BCUT2D eigenvalue weighted by Crippen LogP contribution is 2.23. The molecule has 17 heavy (non-hydrogen) atoms. The van der Waals surface area contributed by atoms with Crippen LogP contribution in [0.15, 0.2) is 12.3 Å². The molecule has 1 aliphatic heterocycles. The summed E-state index contributed by atoms with van der Waals surface area (Å²) in [4.78, 5) is 7.03. The Labute approximate surface area is 104 Å². The molecular weight excluding hydrogens is 210 g/mol. The molecule has 2 N–H and O–H groups in total. The molecule has 94 valence electrons. The van der Waals surface area contributed by atoms with Gasteiger partial charge >= 0.3 is 0 Å². The van der Waals surface area contributed by atoms with Gasteiger partial charge in [0, 0.05) is 25.3 Å². The predicted octanol–water partition coefficient (Wildman–Crippen LogP) is 2.79. The standard InChI is InChI=1S/C14H23N3/c1-11-9-13(12(2)15)10-16-14(11)17-7-5-3-4-6-8-17/h9-10,12H,3-8,15H2,1-2H3/t12-/m1/s1. The third-order valence-electron chi connectivity index (χ3n) is 3.50. The molecule has 1 fully saturated rings. The van der Waals surface area contributed by atoms with E-state index in [9.17, 15) is 0 Å². The summed E-state index contributed by atoms with van der Waals surface area (Å²) in [6.07, 6.45) is 7.21. The van der Waals surface area contributed by atoms with E-state index >= 15 is 0 Å². The molecule has 1 atom stereocenters. The van der Waals surface area contributed by atoms with Crippen molar-refractivity contribution in [2.45, 2.75) is 45.6 Å². The lowest BCUT2D eigenvalue weighted by Crippen LogP contribution is -2.26. The number of nitrogens with two attached hydrogens (primary N) is 1. The van der Waals surface area contributed by atoms with E-state index in [0.717, 1.165) is 24.5 Å². The van der Waals surface area contributed by atoms with Gasteiger partial charge in [0.25, 0.3) is 0 Å². The number of aromatic nitrogens is 1. The minimum absolute atomic E-state index is 0.0689. The molecule has 0 bridgehead atoms. The van der Waals surface area contributed by atoms with Crippen LogP contribution < -0.4 is 10.6 Å². The van der Waals surface area contributed by atoms with Gasteiger partial charge in [-0.15, -0.1) is 0 Å². The Morgan fingerprint density at radius 1 is 1.24 bits per heavy atom. The summed E-state index contributed by atoms with van der Waals surface area (Å²) in [6, 6.07) is 2.25. The largest absolute Gasteiger partial charge is 0.356 e. The van der Waals surface area contributed by atoms with Crippen molar-refractivity contribution in [2.75, 3.05) is 18.0 Å². The number of hydrogen-bond donors (Lipinski definition) is 1. The van der Waals surface area contributed by atoms with Crippen LogP contribution in [0.25, 0.3) is 0 Å². The molecule has 0 radical (unpaired) electrons. The highest BCUT2D eigenvalue weighted by Gasteiger charge is 2.14. The zero-order valence-electron chi connectivity index (χ0n) is 10.9. The summed E-state index contributed by atoms with van der Waals surface area (Å²) in [5, 5.41) is 0. The second kappa shape index (κ2) is 5.50. The first-order valence-corrected chi connectivity index (χ1v) is 6.65. The maximum Gasteiger partial charge on any atom is 0.131 e. The van der Waals surface area contributed by atoms with Gasteiger partial charge in [-0.25, -0.2) is 4.98 Å². The average molecular weight is 233 g/mol. The smallest absolute Gasteiger partial charge is 0.131 e. The Kier molecular flexibility index (Phi) is 4.00. The topological polar surface area (TPSA) is 42.1 Å². The summed E-state index contributed by atoms with van der Waals surface area (Å²) in [5.74, 6) is 1.15. The van der Waals surface area contributed by atoms with Gasteiger partial charge in [0.15, 0.2) is 0 Å².